The van der Waals surface area contributed by atoms with Crippen LogP contribution >= 0.6 is 0 Å². The van der Waals surface area contributed by atoms with Gasteiger partial charge in [-0.15, -0.1) is 0 Å². The number of fused-ring (bicyclic) bond motifs is 1. The summed E-state index contributed by atoms with van der Waals surface area (Å²) in [6, 6.07) is 11.9. The summed E-state index contributed by atoms with van der Waals surface area (Å²) in [4.78, 5) is 15.8. The zero-order chi connectivity index (χ0) is 24.7. The lowest BCUT2D eigenvalue weighted by Crippen LogP contribution is -2.61. The van der Waals surface area contributed by atoms with Crippen molar-refractivity contribution in [1.29, 1.82) is 0 Å². The molecular weight excluding hydrogens is 456 g/mol. The summed E-state index contributed by atoms with van der Waals surface area (Å²) in [6.45, 7) is 1.36. The molecule has 4 bridgehead atoms. The van der Waals surface area contributed by atoms with Crippen LogP contribution in [0.4, 0.5) is 4.79 Å². The Morgan fingerprint density at radius 3 is 2.28 bits per heavy atom. The Morgan fingerprint density at radius 2 is 1.58 bits per heavy atom. The summed E-state index contributed by atoms with van der Waals surface area (Å²) in [7, 11) is 3.28. The van der Waals surface area contributed by atoms with E-state index in [4.69, 9.17) is 18.9 Å². The minimum atomic E-state index is -0.0255. The van der Waals surface area contributed by atoms with Crippen LogP contribution in [0.1, 0.15) is 49.7 Å². The van der Waals surface area contributed by atoms with Crippen molar-refractivity contribution in [2.75, 3.05) is 27.6 Å². The fraction of sp³-hybridized carbons (Fsp3) is 0.552. The lowest BCUT2D eigenvalue weighted by molar-refractivity contribution is -0.0158. The van der Waals surface area contributed by atoms with Gasteiger partial charge in [-0.25, -0.2) is 4.79 Å². The molecule has 7 heteroatoms. The predicted molar refractivity (Wildman–Crippen MR) is 136 cm³/mol. The van der Waals surface area contributed by atoms with Gasteiger partial charge in [-0.3, -0.25) is 0 Å². The van der Waals surface area contributed by atoms with Crippen molar-refractivity contribution in [2.45, 2.75) is 57.0 Å². The predicted octanol–water partition coefficient (Wildman–Crippen LogP) is 5.16. The molecule has 1 aliphatic heterocycles. The van der Waals surface area contributed by atoms with Gasteiger partial charge in [-0.05, 0) is 98.1 Å². The highest BCUT2D eigenvalue weighted by Gasteiger charge is 2.51. The molecule has 2 amide bonds. The molecule has 2 aromatic carbocycles. The minimum Gasteiger partial charge on any atom is -0.493 e. The van der Waals surface area contributed by atoms with Crippen LogP contribution in [-0.4, -0.2) is 44.0 Å². The highest BCUT2D eigenvalue weighted by atomic mass is 16.7. The van der Waals surface area contributed by atoms with Gasteiger partial charge in [0.15, 0.2) is 23.0 Å². The summed E-state index contributed by atoms with van der Waals surface area (Å²) < 4.78 is 21.9. The number of hydrogen-bond acceptors (Lipinski definition) is 5. The third-order valence-corrected chi connectivity index (χ3v) is 8.63. The Hall–Kier alpha value is -3.09. The lowest BCUT2D eigenvalue weighted by Gasteiger charge is -2.57. The number of benzene rings is 2. The average Bonchev–Trinajstić information content (AvgIpc) is 3.33. The molecule has 4 fully saturated rings. The third-order valence-electron chi connectivity index (χ3n) is 8.63. The van der Waals surface area contributed by atoms with E-state index in [1.807, 2.05) is 41.3 Å². The standard InChI is InChI=1S/C29H36N2O5/c1-33-24-5-3-19(12-26(24)34-2)7-8-31(17-20-4-6-25-27(13-20)36-18-35-25)28(32)30-29-14-21-9-22(15-29)11-23(10-21)16-29/h3-6,12-13,21-23H,7-11,14-18H2,1-2H3,(H,30,32). The van der Waals surface area contributed by atoms with Crippen molar-refractivity contribution in [3.8, 4) is 23.0 Å². The molecule has 1 N–H and O–H groups in total. The molecule has 0 radical (unpaired) electrons. The number of carbonyl (C=O) groups excluding carboxylic acids is 1. The number of nitrogens with one attached hydrogen (secondary N) is 1. The summed E-state index contributed by atoms with van der Waals surface area (Å²) in [6.07, 6.45) is 8.20. The summed E-state index contributed by atoms with van der Waals surface area (Å²) >= 11 is 0. The Labute approximate surface area is 213 Å². The highest BCUT2D eigenvalue weighted by molar-refractivity contribution is 5.75. The third kappa shape index (κ3) is 4.56. The van der Waals surface area contributed by atoms with E-state index in [1.165, 1.54) is 19.3 Å². The number of rotatable bonds is 8. The van der Waals surface area contributed by atoms with E-state index in [0.29, 0.717) is 24.6 Å². The van der Waals surface area contributed by atoms with Crippen LogP contribution in [0.15, 0.2) is 36.4 Å². The van der Waals surface area contributed by atoms with Gasteiger partial charge in [-0.1, -0.05) is 12.1 Å². The molecule has 0 unspecified atom stereocenters. The first-order valence-electron chi connectivity index (χ1n) is 13.2. The number of nitrogens with zero attached hydrogens (tertiary/aromatic N) is 1. The van der Waals surface area contributed by atoms with Gasteiger partial charge < -0.3 is 29.2 Å². The van der Waals surface area contributed by atoms with E-state index in [9.17, 15) is 4.79 Å². The Kier molecular flexibility index (Phi) is 6.10. The molecule has 4 aliphatic carbocycles. The molecule has 7 nitrogen and oxygen atoms in total. The first-order chi connectivity index (χ1) is 17.5. The van der Waals surface area contributed by atoms with Gasteiger partial charge in [0.1, 0.15) is 0 Å². The van der Waals surface area contributed by atoms with Gasteiger partial charge in [0.2, 0.25) is 6.79 Å². The van der Waals surface area contributed by atoms with Crippen molar-refractivity contribution < 1.29 is 23.7 Å². The maximum Gasteiger partial charge on any atom is 0.318 e. The van der Waals surface area contributed by atoms with E-state index in [1.54, 1.807) is 14.2 Å². The van der Waals surface area contributed by atoms with Crippen LogP contribution in [0.2, 0.25) is 0 Å². The van der Waals surface area contributed by atoms with E-state index in [-0.39, 0.29) is 18.4 Å². The average molecular weight is 493 g/mol. The maximum atomic E-state index is 13.8. The van der Waals surface area contributed by atoms with Crippen molar-refractivity contribution >= 4 is 6.03 Å². The van der Waals surface area contributed by atoms with Gasteiger partial charge >= 0.3 is 6.03 Å². The van der Waals surface area contributed by atoms with Crippen LogP contribution < -0.4 is 24.3 Å². The van der Waals surface area contributed by atoms with Crippen LogP contribution in [0.3, 0.4) is 0 Å². The molecule has 5 aliphatic rings. The number of methoxy groups -OCH3 is 2. The summed E-state index contributed by atoms with van der Waals surface area (Å²) in [5, 5.41) is 3.56. The zero-order valence-corrected chi connectivity index (χ0v) is 21.3. The fourth-order valence-electron chi connectivity index (χ4n) is 7.38. The molecule has 7 rings (SSSR count). The number of hydrogen-bond donors (Lipinski definition) is 1. The topological polar surface area (TPSA) is 69.3 Å². The van der Waals surface area contributed by atoms with Crippen LogP contribution in [-0.2, 0) is 13.0 Å². The number of carbonyl (C=O) groups is 1. The molecule has 1 heterocycles. The summed E-state index contributed by atoms with van der Waals surface area (Å²) in [5.74, 6) is 5.26. The quantitative estimate of drug-likeness (QED) is 0.552. The van der Waals surface area contributed by atoms with Crippen molar-refractivity contribution in [1.82, 2.24) is 10.2 Å². The first kappa shape index (κ1) is 23.3. The molecule has 192 valence electrons. The Morgan fingerprint density at radius 1 is 0.917 bits per heavy atom. The molecule has 0 spiro atoms. The normalized spacial score (nSPS) is 27.1. The van der Waals surface area contributed by atoms with Gasteiger partial charge in [0, 0.05) is 18.6 Å². The molecule has 4 saturated carbocycles. The smallest absolute Gasteiger partial charge is 0.318 e. The van der Waals surface area contributed by atoms with Crippen molar-refractivity contribution in [2.24, 2.45) is 17.8 Å². The summed E-state index contributed by atoms with van der Waals surface area (Å²) in [5.41, 5.74) is 2.11. The van der Waals surface area contributed by atoms with Gasteiger partial charge in [-0.2, -0.15) is 0 Å². The second-order valence-corrected chi connectivity index (χ2v) is 11.2. The maximum absolute atomic E-state index is 13.8. The molecule has 36 heavy (non-hydrogen) atoms. The minimum absolute atomic E-state index is 0.0255. The second kappa shape index (κ2) is 9.41. The monoisotopic (exact) mass is 492 g/mol. The largest absolute Gasteiger partial charge is 0.493 e. The van der Waals surface area contributed by atoms with Crippen LogP contribution in [0.5, 0.6) is 23.0 Å². The fourth-order valence-corrected chi connectivity index (χ4v) is 7.38. The Balaban J connectivity index is 1.20. The van der Waals surface area contributed by atoms with E-state index in [0.717, 1.165) is 66.1 Å². The SMILES string of the molecule is COc1ccc(CCN(Cc2ccc3c(c2)OCO3)C(=O)NC23CC4CC(CC(C4)C2)C3)cc1OC. The van der Waals surface area contributed by atoms with Gasteiger partial charge in [0.25, 0.3) is 0 Å². The van der Waals surface area contributed by atoms with E-state index in [2.05, 4.69) is 5.32 Å². The van der Waals surface area contributed by atoms with Crippen molar-refractivity contribution in [3.63, 3.8) is 0 Å². The molecule has 0 atom stereocenters. The molecular formula is C29H36N2O5. The number of ether oxygens (including phenoxy) is 4. The Bertz CT molecular complexity index is 1100. The van der Waals surface area contributed by atoms with Crippen LogP contribution in [0, 0.1) is 17.8 Å². The lowest BCUT2D eigenvalue weighted by atomic mass is 9.53. The number of urea groups is 1. The molecule has 2 aromatic rings. The second-order valence-electron chi connectivity index (χ2n) is 11.2. The zero-order valence-electron chi connectivity index (χ0n) is 21.3. The molecule has 0 saturated heterocycles. The highest BCUT2D eigenvalue weighted by Crippen LogP contribution is 2.55. The first-order valence-corrected chi connectivity index (χ1v) is 13.2. The van der Waals surface area contributed by atoms with Crippen LogP contribution in [0.25, 0.3) is 0 Å². The van der Waals surface area contributed by atoms with Crippen molar-refractivity contribution in [3.05, 3.63) is 47.5 Å². The van der Waals surface area contributed by atoms with Gasteiger partial charge in [0.05, 0.1) is 14.2 Å². The van der Waals surface area contributed by atoms with E-state index >= 15 is 0 Å². The number of amides is 2. The molecule has 0 aromatic heterocycles. The van der Waals surface area contributed by atoms with E-state index < -0.39 is 0 Å².